The predicted molar refractivity (Wildman–Crippen MR) is 84.5 cm³/mol. The summed E-state index contributed by atoms with van der Waals surface area (Å²) in [5, 5.41) is 3.15. The van der Waals surface area contributed by atoms with E-state index in [1.165, 1.54) is 0 Å². The van der Waals surface area contributed by atoms with Crippen molar-refractivity contribution in [3.05, 3.63) is 35.9 Å². The molecule has 0 aliphatic carbocycles. The van der Waals surface area contributed by atoms with Crippen LogP contribution in [0.1, 0.15) is 52.0 Å². The van der Waals surface area contributed by atoms with E-state index in [4.69, 9.17) is 5.73 Å². The summed E-state index contributed by atoms with van der Waals surface area (Å²) in [5.74, 6) is 0.313. The molecule has 20 heavy (non-hydrogen) atoms. The topological polar surface area (TPSA) is 55.1 Å². The Morgan fingerprint density at radius 3 is 2.40 bits per heavy atom. The van der Waals surface area contributed by atoms with Crippen molar-refractivity contribution in [2.24, 2.45) is 11.7 Å². The van der Waals surface area contributed by atoms with E-state index >= 15 is 0 Å². The van der Waals surface area contributed by atoms with Crippen LogP contribution in [0.15, 0.2) is 30.3 Å². The molecular weight excluding hydrogens is 248 g/mol. The van der Waals surface area contributed by atoms with Gasteiger partial charge in [-0.15, -0.1) is 0 Å². The van der Waals surface area contributed by atoms with Crippen molar-refractivity contribution < 1.29 is 4.79 Å². The largest absolute Gasteiger partial charge is 0.351 e. The minimum absolute atomic E-state index is 0.0988. The van der Waals surface area contributed by atoms with Crippen molar-refractivity contribution in [2.45, 2.75) is 52.0 Å². The molecule has 0 saturated heterocycles. The minimum atomic E-state index is -0.258. The van der Waals surface area contributed by atoms with Crippen molar-refractivity contribution >= 4 is 5.91 Å². The highest BCUT2D eigenvalue weighted by Gasteiger charge is 2.29. The summed E-state index contributed by atoms with van der Waals surface area (Å²) in [6.45, 7) is 8.88. The Bertz CT molecular complexity index is 414. The first kappa shape index (κ1) is 16.7. The summed E-state index contributed by atoms with van der Waals surface area (Å²) in [7, 11) is 0. The second kappa shape index (κ2) is 7.44. The Hall–Kier alpha value is -1.35. The van der Waals surface area contributed by atoms with Crippen LogP contribution in [0.4, 0.5) is 0 Å². The zero-order chi connectivity index (χ0) is 15.2. The average molecular weight is 276 g/mol. The lowest BCUT2D eigenvalue weighted by molar-refractivity contribution is -0.125. The molecule has 1 aromatic rings. The summed E-state index contributed by atoms with van der Waals surface area (Å²) < 4.78 is 0. The molecule has 112 valence electrons. The fourth-order valence-electron chi connectivity index (χ4n) is 2.47. The molecule has 0 saturated carbocycles. The molecule has 1 amide bonds. The Balaban J connectivity index is 2.92. The average Bonchev–Trinajstić information content (AvgIpc) is 2.39. The first-order valence-electron chi connectivity index (χ1n) is 7.48. The van der Waals surface area contributed by atoms with Crippen LogP contribution in [0.5, 0.6) is 0 Å². The molecule has 0 fully saturated rings. The quantitative estimate of drug-likeness (QED) is 0.804. The van der Waals surface area contributed by atoms with E-state index in [-0.39, 0.29) is 17.4 Å². The number of amides is 1. The van der Waals surface area contributed by atoms with Crippen LogP contribution in [-0.4, -0.2) is 18.0 Å². The van der Waals surface area contributed by atoms with Gasteiger partial charge in [0.1, 0.15) is 0 Å². The summed E-state index contributed by atoms with van der Waals surface area (Å²) in [5.41, 5.74) is 6.44. The maximum absolute atomic E-state index is 12.7. The number of hydrogen-bond acceptors (Lipinski definition) is 2. The van der Waals surface area contributed by atoms with Gasteiger partial charge in [-0.1, -0.05) is 50.6 Å². The third kappa shape index (κ3) is 4.64. The van der Waals surface area contributed by atoms with Gasteiger partial charge >= 0.3 is 0 Å². The van der Waals surface area contributed by atoms with E-state index in [2.05, 4.69) is 19.2 Å². The molecule has 3 N–H and O–H groups in total. The van der Waals surface area contributed by atoms with Gasteiger partial charge in [-0.05, 0) is 38.3 Å². The molecule has 0 radical (unpaired) electrons. The van der Waals surface area contributed by atoms with Crippen molar-refractivity contribution in [3.63, 3.8) is 0 Å². The molecule has 1 rings (SSSR count). The number of nitrogens with one attached hydrogen (secondary N) is 1. The highest BCUT2D eigenvalue weighted by atomic mass is 16.2. The number of carbonyl (C=O) groups excluding carboxylic acids is 1. The Morgan fingerprint density at radius 2 is 1.90 bits per heavy atom. The first-order chi connectivity index (χ1) is 9.41. The van der Waals surface area contributed by atoms with Crippen LogP contribution in [0, 0.1) is 5.92 Å². The van der Waals surface area contributed by atoms with E-state index in [1.54, 1.807) is 0 Å². The van der Waals surface area contributed by atoms with Gasteiger partial charge in [0.2, 0.25) is 5.91 Å². The fraction of sp³-hybridized carbons (Fsp3) is 0.588. The molecule has 0 aliphatic rings. The van der Waals surface area contributed by atoms with E-state index in [0.29, 0.717) is 12.5 Å². The van der Waals surface area contributed by atoms with Crippen molar-refractivity contribution in [2.75, 3.05) is 6.54 Å². The van der Waals surface area contributed by atoms with Gasteiger partial charge in [0.25, 0.3) is 0 Å². The summed E-state index contributed by atoms with van der Waals surface area (Å²) in [6, 6.07) is 10.0. The molecule has 0 bridgehead atoms. The monoisotopic (exact) mass is 276 g/mol. The number of benzene rings is 1. The standard InChI is InChI=1S/C17H28N2O/c1-5-13(2)15(14-9-7-6-8-10-14)16(20)19-17(3,4)11-12-18/h6-10,13,15H,5,11-12,18H2,1-4H3,(H,19,20). The maximum atomic E-state index is 12.7. The van der Waals surface area contributed by atoms with Gasteiger partial charge in [0, 0.05) is 5.54 Å². The zero-order valence-corrected chi connectivity index (χ0v) is 13.1. The molecule has 0 spiro atoms. The van der Waals surface area contributed by atoms with Gasteiger partial charge in [0.15, 0.2) is 0 Å². The highest BCUT2D eigenvalue weighted by molar-refractivity contribution is 5.84. The lowest BCUT2D eigenvalue weighted by Crippen LogP contribution is -2.47. The Kier molecular flexibility index (Phi) is 6.21. The molecule has 2 atom stereocenters. The Morgan fingerprint density at radius 1 is 1.30 bits per heavy atom. The highest BCUT2D eigenvalue weighted by Crippen LogP contribution is 2.28. The lowest BCUT2D eigenvalue weighted by atomic mass is 9.84. The fourth-order valence-corrected chi connectivity index (χ4v) is 2.47. The normalized spacial score (nSPS) is 14.7. The van der Waals surface area contributed by atoms with Crippen LogP contribution < -0.4 is 11.1 Å². The molecule has 1 aromatic carbocycles. The first-order valence-corrected chi connectivity index (χ1v) is 7.48. The van der Waals surface area contributed by atoms with Gasteiger partial charge in [-0.2, -0.15) is 0 Å². The van der Waals surface area contributed by atoms with E-state index in [9.17, 15) is 4.79 Å². The zero-order valence-electron chi connectivity index (χ0n) is 13.1. The molecule has 3 nitrogen and oxygen atoms in total. The second-order valence-corrected chi connectivity index (χ2v) is 6.19. The van der Waals surface area contributed by atoms with E-state index < -0.39 is 0 Å². The summed E-state index contributed by atoms with van der Waals surface area (Å²) >= 11 is 0. The summed E-state index contributed by atoms with van der Waals surface area (Å²) in [4.78, 5) is 12.7. The van der Waals surface area contributed by atoms with Crippen LogP contribution in [0.25, 0.3) is 0 Å². The number of rotatable bonds is 7. The maximum Gasteiger partial charge on any atom is 0.228 e. The SMILES string of the molecule is CCC(C)C(C(=O)NC(C)(C)CCN)c1ccccc1. The molecule has 0 aromatic heterocycles. The second-order valence-electron chi connectivity index (χ2n) is 6.19. The van der Waals surface area contributed by atoms with Crippen molar-refractivity contribution in [1.29, 1.82) is 0 Å². The van der Waals surface area contributed by atoms with Gasteiger partial charge in [0.05, 0.1) is 5.92 Å². The number of carbonyl (C=O) groups is 1. The number of nitrogens with two attached hydrogens (primary N) is 1. The Labute approximate surface area is 122 Å². The van der Waals surface area contributed by atoms with Crippen LogP contribution in [-0.2, 0) is 4.79 Å². The molecular formula is C17H28N2O. The van der Waals surface area contributed by atoms with Crippen LogP contribution >= 0.6 is 0 Å². The molecule has 0 aliphatic heterocycles. The summed E-state index contributed by atoms with van der Waals surface area (Å²) in [6.07, 6.45) is 1.76. The van der Waals surface area contributed by atoms with E-state index in [1.807, 2.05) is 44.2 Å². The molecule has 2 unspecified atom stereocenters. The minimum Gasteiger partial charge on any atom is -0.351 e. The molecule has 3 heteroatoms. The smallest absolute Gasteiger partial charge is 0.228 e. The van der Waals surface area contributed by atoms with Gasteiger partial charge < -0.3 is 11.1 Å². The third-order valence-electron chi connectivity index (χ3n) is 3.89. The third-order valence-corrected chi connectivity index (χ3v) is 3.89. The van der Waals surface area contributed by atoms with E-state index in [0.717, 1.165) is 18.4 Å². The van der Waals surface area contributed by atoms with Crippen LogP contribution in [0.3, 0.4) is 0 Å². The van der Waals surface area contributed by atoms with Crippen LogP contribution in [0.2, 0.25) is 0 Å². The van der Waals surface area contributed by atoms with Crippen molar-refractivity contribution in [1.82, 2.24) is 5.32 Å². The predicted octanol–water partition coefficient (Wildman–Crippen LogP) is 3.06. The molecule has 0 heterocycles. The van der Waals surface area contributed by atoms with Gasteiger partial charge in [-0.3, -0.25) is 4.79 Å². The van der Waals surface area contributed by atoms with Crippen molar-refractivity contribution in [3.8, 4) is 0 Å². The number of hydrogen-bond donors (Lipinski definition) is 2. The lowest BCUT2D eigenvalue weighted by Gasteiger charge is -2.30. The van der Waals surface area contributed by atoms with Gasteiger partial charge in [-0.25, -0.2) is 0 Å².